The van der Waals surface area contributed by atoms with E-state index >= 15 is 0 Å². The Morgan fingerprint density at radius 3 is 2.68 bits per heavy atom. The highest BCUT2D eigenvalue weighted by Crippen LogP contribution is 2.70. The number of hydrogen-bond donors (Lipinski definition) is 3. The van der Waals surface area contributed by atoms with Crippen LogP contribution in [0.25, 0.3) is 0 Å². The van der Waals surface area contributed by atoms with Gasteiger partial charge in [-0.15, -0.1) is 0 Å². The minimum Gasteiger partial charge on any atom is -0.396 e. The molecule has 1 aliphatic heterocycles. The molecule has 0 radical (unpaired) electrons. The molecular weight excluding hydrogens is 388 g/mol. The zero-order valence-electron chi connectivity index (χ0n) is 20.0. The fourth-order valence-corrected chi connectivity index (χ4v) is 9.23. The molecule has 3 saturated carbocycles. The molecule has 1 saturated heterocycles. The summed E-state index contributed by atoms with van der Waals surface area (Å²) in [6.07, 6.45) is 11.6. The van der Waals surface area contributed by atoms with Gasteiger partial charge < -0.3 is 20.1 Å². The van der Waals surface area contributed by atoms with Crippen LogP contribution in [0.5, 0.6) is 0 Å². The highest BCUT2D eigenvalue weighted by atomic mass is 16.6. The van der Waals surface area contributed by atoms with Crippen molar-refractivity contribution >= 4 is 0 Å². The van der Waals surface area contributed by atoms with Gasteiger partial charge in [0.25, 0.3) is 0 Å². The van der Waals surface area contributed by atoms with Gasteiger partial charge >= 0.3 is 0 Å². The van der Waals surface area contributed by atoms with Crippen molar-refractivity contribution in [2.45, 2.75) is 103 Å². The van der Waals surface area contributed by atoms with Crippen LogP contribution in [-0.2, 0) is 4.74 Å². The van der Waals surface area contributed by atoms with Crippen molar-refractivity contribution in [2.75, 3.05) is 6.61 Å². The van der Waals surface area contributed by atoms with Crippen LogP contribution in [0.1, 0.15) is 85.5 Å². The predicted octanol–water partition coefficient (Wildman–Crippen LogP) is 4.67. The average Bonchev–Trinajstić information content (AvgIpc) is 3.17. The number of aliphatic hydroxyl groups is 3. The maximum Gasteiger partial charge on any atom is 0.168 e. The number of rotatable bonds is 4. The predicted molar refractivity (Wildman–Crippen MR) is 121 cm³/mol. The summed E-state index contributed by atoms with van der Waals surface area (Å²) in [5.74, 6) is 1.93. The molecule has 4 nitrogen and oxygen atoms in total. The van der Waals surface area contributed by atoms with Crippen molar-refractivity contribution in [3.05, 3.63) is 11.6 Å². The smallest absolute Gasteiger partial charge is 0.168 e. The molecule has 31 heavy (non-hydrogen) atoms. The van der Waals surface area contributed by atoms with Gasteiger partial charge in [0.1, 0.15) is 0 Å². The number of hydrogen-bond acceptors (Lipinski definition) is 4. The molecule has 0 bridgehead atoms. The molecule has 0 aromatic carbocycles. The van der Waals surface area contributed by atoms with E-state index in [1.807, 2.05) is 6.92 Å². The van der Waals surface area contributed by atoms with Crippen LogP contribution < -0.4 is 0 Å². The Morgan fingerprint density at radius 2 is 1.94 bits per heavy atom. The Labute approximate surface area is 188 Å². The van der Waals surface area contributed by atoms with E-state index < -0.39 is 5.79 Å². The summed E-state index contributed by atoms with van der Waals surface area (Å²) in [5.41, 5.74) is 2.06. The lowest BCUT2D eigenvalue weighted by atomic mass is 9.46. The fourth-order valence-electron chi connectivity index (χ4n) is 9.23. The Hall–Kier alpha value is -0.420. The van der Waals surface area contributed by atoms with Crippen LogP contribution in [0, 0.1) is 46.3 Å². The van der Waals surface area contributed by atoms with E-state index in [4.69, 9.17) is 4.74 Å². The van der Waals surface area contributed by atoms with E-state index in [1.54, 1.807) is 0 Å². The molecule has 11 atom stereocenters. The second-order valence-electron chi connectivity index (χ2n) is 12.6. The standard InChI is InChI=1S/C27H44O4/c1-16(15-28)7-12-27(30)17(2)24-23(31-27)14-22-20-6-5-18-13-19(29)8-10-25(18,3)21(20)9-11-26(22,24)4/h13,16-17,19-24,28-30H,5-12,14-15H2,1-4H3/t16?,17-,19?,20+,21-,22-,23-,24-,25-,26-,27?/m0/s1. The summed E-state index contributed by atoms with van der Waals surface area (Å²) in [5, 5.41) is 31.0. The summed E-state index contributed by atoms with van der Waals surface area (Å²) in [6, 6.07) is 0. The third-order valence-corrected chi connectivity index (χ3v) is 11.1. The van der Waals surface area contributed by atoms with Gasteiger partial charge in [-0.2, -0.15) is 0 Å². The minimum absolute atomic E-state index is 0.148. The lowest BCUT2D eigenvalue weighted by Gasteiger charge is -2.59. The second-order valence-corrected chi connectivity index (χ2v) is 12.6. The molecular formula is C27H44O4. The Balaban J connectivity index is 1.37. The van der Waals surface area contributed by atoms with Crippen molar-refractivity contribution < 1.29 is 20.1 Å². The highest BCUT2D eigenvalue weighted by Gasteiger charge is 2.67. The third kappa shape index (κ3) is 3.22. The molecule has 3 N–H and O–H groups in total. The molecule has 0 aromatic heterocycles. The summed E-state index contributed by atoms with van der Waals surface area (Å²) >= 11 is 0. The van der Waals surface area contributed by atoms with Gasteiger partial charge in [-0.3, -0.25) is 0 Å². The minimum atomic E-state index is -1.03. The fraction of sp³-hybridized carbons (Fsp3) is 0.926. The maximum absolute atomic E-state index is 11.4. The highest BCUT2D eigenvalue weighted by molar-refractivity contribution is 5.26. The van der Waals surface area contributed by atoms with Crippen molar-refractivity contribution in [3.8, 4) is 0 Å². The average molecular weight is 433 g/mol. The van der Waals surface area contributed by atoms with Gasteiger partial charge in [-0.1, -0.05) is 39.3 Å². The van der Waals surface area contributed by atoms with Gasteiger partial charge in [-0.05, 0) is 91.8 Å². The van der Waals surface area contributed by atoms with Crippen molar-refractivity contribution in [3.63, 3.8) is 0 Å². The van der Waals surface area contributed by atoms with E-state index in [9.17, 15) is 15.3 Å². The zero-order valence-corrected chi connectivity index (χ0v) is 20.0. The molecule has 4 fully saturated rings. The second kappa shape index (κ2) is 7.55. The quantitative estimate of drug-likeness (QED) is 0.565. The first-order valence-electron chi connectivity index (χ1n) is 13.0. The molecule has 5 rings (SSSR count). The maximum atomic E-state index is 11.4. The first kappa shape index (κ1) is 22.4. The number of fused-ring (bicyclic) bond motifs is 7. The van der Waals surface area contributed by atoms with Crippen LogP contribution in [0.2, 0.25) is 0 Å². The Kier molecular flexibility index (Phi) is 5.45. The molecule has 1 heterocycles. The van der Waals surface area contributed by atoms with Gasteiger partial charge in [0.05, 0.1) is 12.2 Å². The number of allylic oxidation sites excluding steroid dienone is 1. The van der Waals surface area contributed by atoms with Crippen LogP contribution in [0.4, 0.5) is 0 Å². The van der Waals surface area contributed by atoms with Gasteiger partial charge in [0.15, 0.2) is 5.79 Å². The molecule has 0 aromatic rings. The lowest BCUT2D eigenvalue weighted by Crippen LogP contribution is -2.52. The Bertz CT molecular complexity index is 735. The lowest BCUT2D eigenvalue weighted by molar-refractivity contribution is -0.221. The molecule has 4 heteroatoms. The van der Waals surface area contributed by atoms with E-state index in [2.05, 4.69) is 26.8 Å². The molecule has 0 amide bonds. The largest absolute Gasteiger partial charge is 0.396 e. The van der Waals surface area contributed by atoms with Gasteiger partial charge in [-0.25, -0.2) is 0 Å². The van der Waals surface area contributed by atoms with E-state index in [1.165, 1.54) is 24.8 Å². The molecule has 5 aliphatic rings. The monoisotopic (exact) mass is 432 g/mol. The van der Waals surface area contributed by atoms with Crippen molar-refractivity contribution in [2.24, 2.45) is 46.3 Å². The van der Waals surface area contributed by atoms with Crippen LogP contribution in [0.15, 0.2) is 11.6 Å². The molecule has 4 aliphatic carbocycles. The van der Waals surface area contributed by atoms with Crippen LogP contribution >= 0.6 is 0 Å². The van der Waals surface area contributed by atoms with E-state index in [-0.39, 0.29) is 41.5 Å². The molecule has 3 unspecified atom stereocenters. The summed E-state index contributed by atoms with van der Waals surface area (Å²) in [6.45, 7) is 9.43. The summed E-state index contributed by atoms with van der Waals surface area (Å²) in [7, 11) is 0. The van der Waals surface area contributed by atoms with E-state index in [0.717, 1.165) is 43.9 Å². The van der Waals surface area contributed by atoms with E-state index in [0.29, 0.717) is 18.3 Å². The number of aliphatic hydroxyl groups excluding tert-OH is 2. The summed E-state index contributed by atoms with van der Waals surface area (Å²) < 4.78 is 6.49. The first-order valence-corrected chi connectivity index (χ1v) is 13.0. The van der Waals surface area contributed by atoms with Crippen LogP contribution in [0.3, 0.4) is 0 Å². The Morgan fingerprint density at radius 1 is 1.16 bits per heavy atom. The molecule has 176 valence electrons. The topological polar surface area (TPSA) is 69.9 Å². The molecule has 0 spiro atoms. The van der Waals surface area contributed by atoms with Crippen LogP contribution in [-0.4, -0.2) is 39.9 Å². The number of ether oxygens (including phenoxy) is 1. The first-order chi connectivity index (χ1) is 14.6. The zero-order chi connectivity index (χ0) is 22.2. The van der Waals surface area contributed by atoms with Crippen molar-refractivity contribution in [1.29, 1.82) is 0 Å². The SMILES string of the molecule is CC(CO)CCC1(O)O[C@H]2C[C@H]3[C@@H]4CCC5=CC(O)CC[C@]5(C)[C@H]4CC[C@]3(C)[C@H]2[C@@H]1C. The normalized spacial score (nSPS) is 54.4. The van der Waals surface area contributed by atoms with Crippen molar-refractivity contribution in [1.82, 2.24) is 0 Å². The van der Waals surface area contributed by atoms with Gasteiger partial charge in [0.2, 0.25) is 0 Å². The third-order valence-electron chi connectivity index (χ3n) is 11.1. The summed E-state index contributed by atoms with van der Waals surface area (Å²) in [4.78, 5) is 0. The van der Waals surface area contributed by atoms with Gasteiger partial charge in [0, 0.05) is 18.9 Å².